The second kappa shape index (κ2) is 7.12. The van der Waals surface area contributed by atoms with Crippen molar-refractivity contribution >= 4 is 5.82 Å². The van der Waals surface area contributed by atoms with E-state index < -0.39 is 6.61 Å². The van der Waals surface area contributed by atoms with E-state index in [-0.39, 0.29) is 11.8 Å². The maximum atomic E-state index is 12.2. The Kier molecular flexibility index (Phi) is 4.94. The van der Waals surface area contributed by atoms with E-state index in [1.807, 2.05) is 4.68 Å². The molecule has 0 aliphatic carbocycles. The molecule has 24 heavy (non-hydrogen) atoms. The van der Waals surface area contributed by atoms with Crippen LogP contribution in [0.4, 0.5) is 14.6 Å². The molecule has 2 aromatic rings. The normalized spacial score (nSPS) is 15.3. The Bertz CT molecular complexity index is 666. The van der Waals surface area contributed by atoms with Crippen molar-refractivity contribution in [2.75, 3.05) is 31.1 Å². The van der Waals surface area contributed by atoms with Crippen molar-refractivity contribution < 1.29 is 13.5 Å². The highest BCUT2D eigenvalue weighted by Crippen LogP contribution is 2.25. The van der Waals surface area contributed by atoms with Gasteiger partial charge < -0.3 is 15.0 Å². The van der Waals surface area contributed by atoms with E-state index in [0.29, 0.717) is 0 Å². The summed E-state index contributed by atoms with van der Waals surface area (Å²) in [5.74, 6) is 1.09. The Hall–Kier alpha value is -2.22. The van der Waals surface area contributed by atoms with Gasteiger partial charge in [0.15, 0.2) is 5.82 Å². The highest BCUT2D eigenvalue weighted by molar-refractivity contribution is 5.45. The molecule has 2 aromatic heterocycles. The summed E-state index contributed by atoms with van der Waals surface area (Å²) in [6.45, 7) is 5.00. The van der Waals surface area contributed by atoms with Gasteiger partial charge in [0.2, 0.25) is 5.88 Å². The van der Waals surface area contributed by atoms with Gasteiger partial charge in [0.1, 0.15) is 0 Å². The maximum Gasteiger partial charge on any atom is 0.388 e. The molecule has 0 amide bonds. The van der Waals surface area contributed by atoms with E-state index in [4.69, 9.17) is 5.10 Å². The van der Waals surface area contributed by atoms with Crippen molar-refractivity contribution in [2.24, 2.45) is 0 Å². The number of anilines is 1. The second-order valence-corrected chi connectivity index (χ2v) is 5.96. The second-order valence-electron chi connectivity index (χ2n) is 5.96. The van der Waals surface area contributed by atoms with Gasteiger partial charge in [0, 0.05) is 44.0 Å². The molecule has 1 saturated heterocycles. The summed E-state index contributed by atoms with van der Waals surface area (Å²) in [5, 5.41) is 8.02. The molecule has 0 spiro atoms. The fourth-order valence-electron chi connectivity index (χ4n) is 2.71. The molecule has 1 N–H and O–H groups in total. The van der Waals surface area contributed by atoms with Gasteiger partial charge in [-0.3, -0.25) is 0 Å². The van der Waals surface area contributed by atoms with Crippen molar-refractivity contribution in [3.63, 3.8) is 0 Å². The van der Waals surface area contributed by atoms with E-state index in [2.05, 4.69) is 39.9 Å². The highest BCUT2D eigenvalue weighted by Gasteiger charge is 2.19. The molecule has 130 valence electrons. The molecule has 6 nitrogen and oxygen atoms in total. The van der Waals surface area contributed by atoms with Gasteiger partial charge >= 0.3 is 6.61 Å². The van der Waals surface area contributed by atoms with Gasteiger partial charge in [-0.25, -0.2) is 9.67 Å². The lowest BCUT2D eigenvalue weighted by atomic mass is 10.1. The number of piperazine rings is 1. The molecular formula is C16H21F2N5O. The van der Waals surface area contributed by atoms with Gasteiger partial charge in [0.05, 0.1) is 11.9 Å². The number of hydrogen-bond acceptors (Lipinski definition) is 5. The third-order valence-corrected chi connectivity index (χ3v) is 3.93. The number of hydrogen-bond donors (Lipinski definition) is 1. The summed E-state index contributed by atoms with van der Waals surface area (Å²) in [7, 11) is 0. The van der Waals surface area contributed by atoms with Crippen LogP contribution in [0.2, 0.25) is 0 Å². The zero-order valence-corrected chi connectivity index (χ0v) is 13.7. The lowest BCUT2D eigenvalue weighted by Gasteiger charge is -2.27. The molecule has 0 radical (unpaired) electrons. The number of nitrogens with zero attached hydrogens (tertiary/aromatic N) is 4. The van der Waals surface area contributed by atoms with Gasteiger partial charge in [-0.1, -0.05) is 13.8 Å². The molecule has 0 bridgehead atoms. The third kappa shape index (κ3) is 3.64. The van der Waals surface area contributed by atoms with Crippen LogP contribution in [0.5, 0.6) is 5.88 Å². The Labute approximate surface area is 139 Å². The van der Waals surface area contributed by atoms with Crippen LogP contribution in [0.15, 0.2) is 24.4 Å². The summed E-state index contributed by atoms with van der Waals surface area (Å²) >= 11 is 0. The van der Waals surface area contributed by atoms with Gasteiger partial charge in [-0.15, -0.1) is 5.10 Å². The van der Waals surface area contributed by atoms with Crippen molar-refractivity contribution in [3.8, 4) is 11.6 Å². The SMILES string of the molecule is CC(C)c1cc(N2CCNCC2)nn1-c1ccc(OC(F)F)nc1. The number of aromatic nitrogens is 3. The molecule has 0 aromatic carbocycles. The molecule has 3 heterocycles. The quantitative estimate of drug-likeness (QED) is 0.908. The fourth-order valence-corrected chi connectivity index (χ4v) is 2.71. The van der Waals surface area contributed by atoms with Gasteiger partial charge in [-0.2, -0.15) is 8.78 Å². The Balaban J connectivity index is 1.89. The van der Waals surface area contributed by atoms with Crippen molar-refractivity contribution in [3.05, 3.63) is 30.1 Å². The molecule has 0 saturated carbocycles. The molecule has 3 rings (SSSR count). The minimum Gasteiger partial charge on any atom is -0.417 e. The number of pyridine rings is 1. The predicted octanol–water partition coefficient (Wildman–Crippen LogP) is 2.40. The minimum absolute atomic E-state index is 0.102. The van der Waals surface area contributed by atoms with Crippen molar-refractivity contribution in [1.29, 1.82) is 0 Å². The molecule has 8 heteroatoms. The first kappa shape index (κ1) is 16.6. The third-order valence-electron chi connectivity index (χ3n) is 3.93. The van der Waals surface area contributed by atoms with Gasteiger partial charge in [0.25, 0.3) is 0 Å². The minimum atomic E-state index is -2.88. The lowest BCUT2D eigenvalue weighted by Crippen LogP contribution is -2.43. The maximum absolute atomic E-state index is 12.2. The van der Waals surface area contributed by atoms with Crippen LogP contribution in [0, 0.1) is 0 Å². The monoisotopic (exact) mass is 337 g/mol. The first-order valence-electron chi connectivity index (χ1n) is 8.01. The fraction of sp³-hybridized carbons (Fsp3) is 0.500. The standard InChI is InChI=1S/C16H21F2N5O/c1-11(2)13-9-14(22-7-5-19-6-8-22)21-23(13)12-3-4-15(20-10-12)24-16(17)18/h3-4,9-11,16,19H,5-8H2,1-2H3. The van der Waals surface area contributed by atoms with Crippen LogP contribution in [0.25, 0.3) is 5.69 Å². The van der Waals surface area contributed by atoms with E-state index in [9.17, 15) is 8.78 Å². The number of halogens is 2. The van der Waals surface area contributed by atoms with Crippen LogP contribution >= 0.6 is 0 Å². The van der Waals surface area contributed by atoms with Crippen molar-refractivity contribution in [2.45, 2.75) is 26.4 Å². The molecule has 1 aliphatic heterocycles. The first-order chi connectivity index (χ1) is 11.5. The van der Waals surface area contributed by atoms with E-state index in [1.165, 1.54) is 12.3 Å². The van der Waals surface area contributed by atoms with Crippen LogP contribution in [0.1, 0.15) is 25.5 Å². The van der Waals surface area contributed by atoms with Crippen molar-refractivity contribution in [1.82, 2.24) is 20.1 Å². The summed E-state index contributed by atoms with van der Waals surface area (Å²) in [6, 6.07) is 5.20. The smallest absolute Gasteiger partial charge is 0.388 e. The number of alkyl halides is 2. The molecule has 0 atom stereocenters. The predicted molar refractivity (Wildman–Crippen MR) is 87.2 cm³/mol. The summed E-state index contributed by atoms with van der Waals surface area (Å²) in [5.41, 5.74) is 1.77. The molecule has 1 fully saturated rings. The topological polar surface area (TPSA) is 55.2 Å². The Morgan fingerprint density at radius 2 is 1.96 bits per heavy atom. The van der Waals surface area contributed by atoms with E-state index in [0.717, 1.165) is 43.4 Å². The largest absolute Gasteiger partial charge is 0.417 e. The van der Waals surface area contributed by atoms with Gasteiger partial charge in [-0.05, 0) is 12.0 Å². The Morgan fingerprint density at radius 1 is 1.21 bits per heavy atom. The summed E-state index contributed by atoms with van der Waals surface area (Å²) in [4.78, 5) is 6.17. The summed E-state index contributed by atoms with van der Waals surface area (Å²) < 4.78 is 30.6. The summed E-state index contributed by atoms with van der Waals surface area (Å²) in [6.07, 6.45) is 1.50. The average Bonchev–Trinajstić information content (AvgIpc) is 3.01. The molecule has 1 aliphatic rings. The number of nitrogens with one attached hydrogen (secondary N) is 1. The average molecular weight is 337 g/mol. The first-order valence-corrected chi connectivity index (χ1v) is 8.01. The zero-order valence-electron chi connectivity index (χ0n) is 13.7. The van der Waals surface area contributed by atoms with E-state index >= 15 is 0 Å². The van der Waals surface area contributed by atoms with Crippen LogP contribution in [-0.2, 0) is 0 Å². The van der Waals surface area contributed by atoms with Crippen LogP contribution < -0.4 is 15.0 Å². The highest BCUT2D eigenvalue weighted by atomic mass is 19.3. The lowest BCUT2D eigenvalue weighted by molar-refractivity contribution is -0.0528. The van der Waals surface area contributed by atoms with Crippen LogP contribution in [0.3, 0.4) is 0 Å². The molecule has 0 unspecified atom stereocenters. The molecular weight excluding hydrogens is 316 g/mol. The number of ether oxygens (including phenoxy) is 1. The van der Waals surface area contributed by atoms with Crippen LogP contribution in [-0.4, -0.2) is 47.6 Å². The zero-order chi connectivity index (χ0) is 17.1. The van der Waals surface area contributed by atoms with E-state index in [1.54, 1.807) is 6.07 Å². The number of rotatable bonds is 5. The Morgan fingerprint density at radius 3 is 2.54 bits per heavy atom.